The first kappa shape index (κ1) is 16.8. The average Bonchev–Trinajstić information content (AvgIpc) is 3.07. The second kappa shape index (κ2) is 6.81. The Morgan fingerprint density at radius 2 is 2.29 bits per heavy atom. The van der Waals surface area contributed by atoms with Crippen LogP contribution in [0.25, 0.3) is 0 Å². The minimum Gasteiger partial charge on any atom is -0.368 e. The highest BCUT2D eigenvalue weighted by molar-refractivity contribution is 7.99. The fraction of sp³-hybridized carbons (Fsp3) is 0.429. The van der Waals surface area contributed by atoms with Crippen LogP contribution in [0.2, 0.25) is 0 Å². The molecule has 0 fully saturated rings. The van der Waals surface area contributed by atoms with Crippen LogP contribution >= 0.6 is 23.1 Å². The number of primary amides is 1. The number of carbonyl (C=O) groups excluding carboxylic acids is 2. The van der Waals surface area contributed by atoms with Crippen molar-refractivity contribution in [1.82, 2.24) is 15.2 Å². The van der Waals surface area contributed by atoms with Gasteiger partial charge in [0, 0.05) is 4.88 Å². The van der Waals surface area contributed by atoms with Gasteiger partial charge >= 0.3 is 0 Å². The molecule has 10 heteroatoms. The number of amides is 2. The second-order valence-electron chi connectivity index (χ2n) is 5.76. The van der Waals surface area contributed by atoms with E-state index in [2.05, 4.69) is 27.4 Å². The van der Waals surface area contributed by atoms with Gasteiger partial charge in [0.2, 0.25) is 17.0 Å². The van der Waals surface area contributed by atoms with E-state index in [1.165, 1.54) is 11.3 Å². The van der Waals surface area contributed by atoms with Gasteiger partial charge in [0.25, 0.3) is 5.91 Å². The number of aromatic nitrogens is 3. The number of nitrogens with two attached hydrogens (primary N) is 2. The highest BCUT2D eigenvalue weighted by Crippen LogP contribution is 2.39. The van der Waals surface area contributed by atoms with Crippen molar-refractivity contribution < 1.29 is 9.59 Å². The minimum atomic E-state index is -0.494. The zero-order valence-electron chi connectivity index (χ0n) is 13.1. The highest BCUT2D eigenvalue weighted by atomic mass is 32.2. The molecule has 6 N–H and O–H groups in total. The molecule has 0 unspecified atom stereocenters. The number of hydrogen-bond donors (Lipinski definition) is 4. The topological polar surface area (TPSA) is 140 Å². The number of H-pyrrole nitrogens is 1. The summed E-state index contributed by atoms with van der Waals surface area (Å²) >= 11 is 2.61. The molecule has 0 spiro atoms. The molecule has 1 aliphatic rings. The number of carbonyl (C=O) groups is 2. The largest absolute Gasteiger partial charge is 0.368 e. The molecule has 2 aromatic heterocycles. The van der Waals surface area contributed by atoms with E-state index in [1.807, 2.05) is 0 Å². The molecule has 0 saturated carbocycles. The SMILES string of the molecule is C[C@@H]1CCc2c(sc(NC(=O)CSc3n[nH]c(N)n3)c2C(N)=O)C1. The minimum absolute atomic E-state index is 0.120. The quantitative estimate of drug-likeness (QED) is 0.590. The summed E-state index contributed by atoms with van der Waals surface area (Å²) < 4.78 is 0. The van der Waals surface area contributed by atoms with E-state index in [4.69, 9.17) is 11.5 Å². The van der Waals surface area contributed by atoms with Crippen LogP contribution in [0.1, 0.15) is 34.1 Å². The first-order valence-corrected chi connectivity index (χ1v) is 9.29. The van der Waals surface area contributed by atoms with Gasteiger partial charge in [0.1, 0.15) is 5.00 Å². The molecule has 0 saturated heterocycles. The number of thioether (sulfide) groups is 1. The highest BCUT2D eigenvalue weighted by Gasteiger charge is 2.27. The molecule has 0 aromatic carbocycles. The lowest BCUT2D eigenvalue weighted by Crippen LogP contribution is -2.20. The van der Waals surface area contributed by atoms with Crippen LogP contribution in [0.4, 0.5) is 10.9 Å². The number of nitrogens with one attached hydrogen (secondary N) is 2. The number of nitrogens with zero attached hydrogens (tertiary/aromatic N) is 2. The lowest BCUT2D eigenvalue weighted by atomic mass is 9.88. The summed E-state index contributed by atoms with van der Waals surface area (Å²) in [5, 5.41) is 10.1. The Balaban J connectivity index is 1.72. The summed E-state index contributed by atoms with van der Waals surface area (Å²) in [6.07, 6.45) is 2.77. The Hall–Kier alpha value is -2.07. The Morgan fingerprint density at radius 1 is 1.50 bits per heavy atom. The lowest BCUT2D eigenvalue weighted by Gasteiger charge is -2.18. The standard InChI is InChI=1S/C14H18N6O2S2/c1-6-2-3-7-8(4-6)24-12(10(7)11(15)22)17-9(21)5-23-14-18-13(16)19-20-14/h6H,2-5H2,1H3,(H2,15,22)(H,17,21)(H3,16,18,19,20)/t6-/m1/s1. The maximum absolute atomic E-state index is 12.2. The Kier molecular flexibility index (Phi) is 4.76. The van der Waals surface area contributed by atoms with Gasteiger partial charge in [0.15, 0.2) is 0 Å². The molecule has 0 radical (unpaired) electrons. The summed E-state index contributed by atoms with van der Waals surface area (Å²) in [7, 11) is 0. The first-order valence-electron chi connectivity index (χ1n) is 7.49. The predicted octanol–water partition coefficient (Wildman–Crippen LogP) is 1.40. The molecule has 2 aromatic rings. The van der Waals surface area contributed by atoms with Gasteiger partial charge in [-0.15, -0.1) is 16.4 Å². The molecular formula is C14H18N6O2S2. The molecule has 1 atom stereocenters. The summed E-state index contributed by atoms with van der Waals surface area (Å²) in [6.45, 7) is 2.18. The number of hydrogen-bond acceptors (Lipinski definition) is 7. The van der Waals surface area contributed by atoms with Crippen LogP contribution in [-0.2, 0) is 17.6 Å². The molecular weight excluding hydrogens is 348 g/mol. The van der Waals surface area contributed by atoms with Gasteiger partial charge in [-0.05, 0) is 30.7 Å². The Labute approximate surface area is 146 Å². The maximum atomic E-state index is 12.2. The van der Waals surface area contributed by atoms with Gasteiger partial charge < -0.3 is 16.8 Å². The van der Waals surface area contributed by atoms with E-state index in [-0.39, 0.29) is 17.6 Å². The van der Waals surface area contributed by atoms with Crippen LogP contribution in [0.15, 0.2) is 5.16 Å². The van der Waals surface area contributed by atoms with Crippen molar-refractivity contribution in [3.63, 3.8) is 0 Å². The monoisotopic (exact) mass is 366 g/mol. The number of anilines is 2. The zero-order valence-corrected chi connectivity index (χ0v) is 14.7. The molecule has 128 valence electrons. The van der Waals surface area contributed by atoms with Crippen LogP contribution in [0.3, 0.4) is 0 Å². The van der Waals surface area contributed by atoms with Crippen LogP contribution in [-0.4, -0.2) is 32.7 Å². The second-order valence-corrected chi connectivity index (χ2v) is 7.81. The van der Waals surface area contributed by atoms with Crippen molar-refractivity contribution in [3.8, 4) is 0 Å². The van der Waals surface area contributed by atoms with Gasteiger partial charge in [-0.1, -0.05) is 18.7 Å². The Bertz CT molecular complexity index is 784. The van der Waals surface area contributed by atoms with E-state index < -0.39 is 5.91 Å². The van der Waals surface area contributed by atoms with Crippen LogP contribution in [0, 0.1) is 5.92 Å². The summed E-state index contributed by atoms with van der Waals surface area (Å²) in [4.78, 5) is 29.1. The van der Waals surface area contributed by atoms with E-state index in [1.54, 1.807) is 0 Å². The van der Waals surface area contributed by atoms with Crippen molar-refractivity contribution in [2.24, 2.45) is 11.7 Å². The molecule has 24 heavy (non-hydrogen) atoms. The van der Waals surface area contributed by atoms with Gasteiger partial charge in [-0.3, -0.25) is 9.59 Å². The molecule has 0 bridgehead atoms. The lowest BCUT2D eigenvalue weighted by molar-refractivity contribution is -0.113. The van der Waals surface area contributed by atoms with Crippen molar-refractivity contribution in [2.45, 2.75) is 31.3 Å². The molecule has 8 nitrogen and oxygen atoms in total. The fourth-order valence-corrected chi connectivity index (χ4v) is 4.75. The normalized spacial score (nSPS) is 16.6. The Morgan fingerprint density at radius 3 is 2.96 bits per heavy atom. The third-order valence-corrected chi connectivity index (χ3v) is 5.84. The van der Waals surface area contributed by atoms with Crippen molar-refractivity contribution >= 4 is 45.9 Å². The molecule has 3 rings (SSSR count). The molecule has 0 aliphatic heterocycles. The van der Waals surface area contributed by atoms with E-state index in [9.17, 15) is 9.59 Å². The van der Waals surface area contributed by atoms with Gasteiger partial charge in [0.05, 0.1) is 11.3 Å². The zero-order chi connectivity index (χ0) is 17.3. The van der Waals surface area contributed by atoms with E-state index >= 15 is 0 Å². The number of aromatic amines is 1. The first-order chi connectivity index (χ1) is 11.4. The van der Waals surface area contributed by atoms with Crippen LogP contribution < -0.4 is 16.8 Å². The van der Waals surface area contributed by atoms with Gasteiger partial charge in [-0.25, -0.2) is 5.10 Å². The number of rotatable bonds is 5. The molecule has 2 heterocycles. The summed E-state index contributed by atoms with van der Waals surface area (Å²) in [5.74, 6) is 0.166. The van der Waals surface area contributed by atoms with Crippen molar-refractivity contribution in [1.29, 1.82) is 0 Å². The van der Waals surface area contributed by atoms with Crippen molar-refractivity contribution in [3.05, 3.63) is 16.0 Å². The average molecular weight is 366 g/mol. The smallest absolute Gasteiger partial charge is 0.251 e. The third-order valence-electron chi connectivity index (χ3n) is 3.83. The maximum Gasteiger partial charge on any atom is 0.251 e. The molecule has 1 aliphatic carbocycles. The number of fused-ring (bicyclic) bond motifs is 1. The number of nitrogen functional groups attached to an aromatic ring is 1. The van der Waals surface area contributed by atoms with Crippen LogP contribution in [0.5, 0.6) is 0 Å². The summed E-state index contributed by atoms with van der Waals surface area (Å²) in [6, 6.07) is 0. The molecule has 2 amide bonds. The predicted molar refractivity (Wildman–Crippen MR) is 94.2 cm³/mol. The third kappa shape index (κ3) is 3.54. The number of thiophene rings is 1. The van der Waals surface area contributed by atoms with Crippen molar-refractivity contribution in [2.75, 3.05) is 16.8 Å². The van der Waals surface area contributed by atoms with Gasteiger partial charge in [-0.2, -0.15) is 4.98 Å². The van der Waals surface area contributed by atoms with E-state index in [0.717, 1.165) is 41.5 Å². The summed E-state index contributed by atoms with van der Waals surface area (Å²) in [5.41, 5.74) is 12.4. The fourth-order valence-electron chi connectivity index (χ4n) is 2.71. The van der Waals surface area contributed by atoms with E-state index in [0.29, 0.717) is 21.6 Å².